The van der Waals surface area contributed by atoms with Crippen LogP contribution in [0, 0.1) is 0 Å². The Hall–Kier alpha value is -3.64. The molecule has 1 amide bonds. The molecule has 1 unspecified atom stereocenters. The van der Waals surface area contributed by atoms with Crippen molar-refractivity contribution in [3.05, 3.63) is 69.5 Å². The van der Waals surface area contributed by atoms with E-state index < -0.39 is 17.8 Å². The Morgan fingerprint density at radius 3 is 2.64 bits per heavy atom. The van der Waals surface area contributed by atoms with Gasteiger partial charge in [-0.3, -0.25) is 9.69 Å². The van der Waals surface area contributed by atoms with Crippen molar-refractivity contribution in [1.29, 1.82) is 0 Å². The lowest BCUT2D eigenvalue weighted by molar-refractivity contribution is -0.133. The van der Waals surface area contributed by atoms with Crippen molar-refractivity contribution in [3.8, 4) is 17.2 Å². The standard InChI is InChI=1S/C30H32ClFN2O8/c1-38-10-11-41-27-15-23(31)21(14-26(27)39-2)29(35)34-16-18-4-3-5-19(28(18)42-17-34)20-13-25(33-6-8-40-9-7-33)22(30(36)37)12-24(20)32/h3-5,12,14-15,25H,6-11,13,16-17H2,1-2H3,(H,36,37). The number of nitrogens with zero attached hydrogens (tertiary/aromatic N) is 2. The Morgan fingerprint density at radius 2 is 1.93 bits per heavy atom. The maximum atomic E-state index is 15.5. The predicted molar refractivity (Wildman–Crippen MR) is 152 cm³/mol. The molecular formula is C30H32ClFN2O8. The number of carboxylic acids is 1. The van der Waals surface area contributed by atoms with Crippen molar-refractivity contribution in [3.63, 3.8) is 0 Å². The molecule has 0 bridgehead atoms. The summed E-state index contributed by atoms with van der Waals surface area (Å²) >= 11 is 6.48. The van der Waals surface area contributed by atoms with Crippen LogP contribution in [0.5, 0.6) is 17.2 Å². The normalized spacial score (nSPS) is 19.1. The number of hydrogen-bond donors (Lipinski definition) is 1. The molecule has 1 atom stereocenters. The monoisotopic (exact) mass is 602 g/mol. The van der Waals surface area contributed by atoms with E-state index in [1.165, 1.54) is 24.1 Å². The van der Waals surface area contributed by atoms with Gasteiger partial charge in [0.05, 0.1) is 49.6 Å². The van der Waals surface area contributed by atoms with Crippen LogP contribution < -0.4 is 14.2 Å². The molecule has 2 aliphatic heterocycles. The average Bonchev–Trinajstić information content (AvgIpc) is 3.00. The summed E-state index contributed by atoms with van der Waals surface area (Å²) in [6.45, 7) is 2.84. The molecule has 0 spiro atoms. The number of carbonyl (C=O) groups is 2. The van der Waals surface area contributed by atoms with Gasteiger partial charge in [-0.15, -0.1) is 0 Å². The number of carboxylic acid groups (broad SMARTS) is 1. The highest BCUT2D eigenvalue weighted by Gasteiger charge is 2.35. The number of rotatable bonds is 9. The minimum atomic E-state index is -1.15. The lowest BCUT2D eigenvalue weighted by atomic mass is 9.86. The second-order valence-electron chi connectivity index (χ2n) is 9.99. The van der Waals surface area contributed by atoms with Gasteiger partial charge in [-0.2, -0.15) is 0 Å². The molecule has 1 fully saturated rings. The molecule has 0 aromatic heterocycles. The fraction of sp³-hybridized carbons (Fsp3) is 0.400. The number of methoxy groups -OCH3 is 2. The van der Waals surface area contributed by atoms with Gasteiger partial charge >= 0.3 is 5.97 Å². The van der Waals surface area contributed by atoms with Crippen LogP contribution in [0.1, 0.15) is 27.9 Å². The molecule has 0 radical (unpaired) electrons. The third kappa shape index (κ3) is 6.10. The lowest BCUT2D eigenvalue weighted by Crippen LogP contribution is -2.46. The highest BCUT2D eigenvalue weighted by molar-refractivity contribution is 6.34. The van der Waals surface area contributed by atoms with E-state index in [-0.39, 0.29) is 48.4 Å². The zero-order valence-electron chi connectivity index (χ0n) is 23.4. The summed E-state index contributed by atoms with van der Waals surface area (Å²) in [5.41, 5.74) is 1.82. The van der Waals surface area contributed by atoms with Crippen LogP contribution in [0.15, 0.2) is 47.8 Å². The topological polar surface area (TPSA) is 107 Å². The highest BCUT2D eigenvalue weighted by atomic mass is 35.5. The average molecular weight is 603 g/mol. The van der Waals surface area contributed by atoms with E-state index in [0.29, 0.717) is 66.9 Å². The van der Waals surface area contributed by atoms with Gasteiger partial charge in [0.15, 0.2) is 18.2 Å². The van der Waals surface area contributed by atoms with E-state index in [4.69, 9.17) is 35.3 Å². The van der Waals surface area contributed by atoms with E-state index in [1.807, 2.05) is 11.0 Å². The first-order valence-corrected chi connectivity index (χ1v) is 13.9. The van der Waals surface area contributed by atoms with Crippen molar-refractivity contribution in [2.24, 2.45) is 0 Å². The minimum absolute atomic E-state index is 0.0167. The molecule has 2 aromatic carbocycles. The fourth-order valence-corrected chi connectivity index (χ4v) is 5.63. The van der Waals surface area contributed by atoms with E-state index >= 15 is 4.39 Å². The Balaban J connectivity index is 1.39. The van der Waals surface area contributed by atoms with Gasteiger partial charge < -0.3 is 33.7 Å². The van der Waals surface area contributed by atoms with Crippen molar-refractivity contribution < 1.29 is 42.8 Å². The first-order valence-electron chi connectivity index (χ1n) is 13.5. The van der Waals surface area contributed by atoms with Gasteiger partial charge in [-0.05, 0) is 18.6 Å². The maximum Gasteiger partial charge on any atom is 0.333 e. The van der Waals surface area contributed by atoms with Crippen molar-refractivity contribution in [2.45, 2.75) is 19.0 Å². The summed E-state index contributed by atoms with van der Waals surface area (Å²) in [5, 5.41) is 9.98. The number of benzene rings is 2. The van der Waals surface area contributed by atoms with E-state index in [0.717, 1.165) is 6.08 Å². The first kappa shape index (κ1) is 29.8. The molecular weight excluding hydrogens is 571 g/mol. The van der Waals surface area contributed by atoms with Gasteiger partial charge in [-0.25, -0.2) is 9.18 Å². The Labute approximate surface area is 247 Å². The number of carbonyl (C=O) groups excluding carboxylic acids is 1. The summed E-state index contributed by atoms with van der Waals surface area (Å²) < 4.78 is 43.0. The zero-order chi connectivity index (χ0) is 29.8. The summed E-state index contributed by atoms with van der Waals surface area (Å²) in [7, 11) is 3.04. The molecule has 1 saturated heterocycles. The number of halogens is 2. The molecule has 1 aliphatic carbocycles. The summed E-state index contributed by atoms with van der Waals surface area (Å²) in [6.07, 6.45) is 1.28. The third-order valence-corrected chi connectivity index (χ3v) is 7.84. The SMILES string of the molecule is COCCOc1cc(Cl)c(C(=O)N2COc3c(cccc3C3=C(F)C=C(C(=O)O)C(N4CCOCC4)C3)C2)cc1OC. The summed E-state index contributed by atoms with van der Waals surface area (Å²) in [6, 6.07) is 7.89. The number of fused-ring (bicyclic) bond motifs is 1. The minimum Gasteiger partial charge on any atom is -0.493 e. The summed E-state index contributed by atoms with van der Waals surface area (Å²) in [5.74, 6) is -0.931. The van der Waals surface area contributed by atoms with Gasteiger partial charge in [0.2, 0.25) is 0 Å². The molecule has 224 valence electrons. The first-order chi connectivity index (χ1) is 20.3. The van der Waals surface area contributed by atoms with E-state index in [1.54, 1.807) is 19.2 Å². The van der Waals surface area contributed by atoms with Crippen molar-refractivity contribution in [2.75, 3.05) is 60.5 Å². The number of morpholine rings is 1. The number of amides is 1. The highest BCUT2D eigenvalue weighted by Crippen LogP contribution is 2.42. The molecule has 3 aliphatic rings. The van der Waals surface area contributed by atoms with Crippen LogP contribution in [-0.2, 0) is 20.8 Å². The fourth-order valence-electron chi connectivity index (χ4n) is 5.40. The number of para-hydroxylation sites is 1. The van der Waals surface area contributed by atoms with E-state index in [9.17, 15) is 14.7 Å². The largest absolute Gasteiger partial charge is 0.493 e. The molecule has 0 saturated carbocycles. The van der Waals surface area contributed by atoms with Gasteiger partial charge in [0.1, 0.15) is 18.2 Å². The molecule has 10 nitrogen and oxygen atoms in total. The lowest BCUT2D eigenvalue weighted by Gasteiger charge is -2.37. The maximum absolute atomic E-state index is 15.5. The molecule has 5 rings (SSSR count). The van der Waals surface area contributed by atoms with Crippen molar-refractivity contribution >= 4 is 29.1 Å². The van der Waals surface area contributed by atoms with Crippen LogP contribution in [-0.4, -0.2) is 93.3 Å². The van der Waals surface area contributed by atoms with Gasteiger partial charge in [0, 0.05) is 49.0 Å². The number of hydrogen-bond acceptors (Lipinski definition) is 8. The van der Waals surface area contributed by atoms with Gasteiger partial charge in [-0.1, -0.05) is 29.8 Å². The van der Waals surface area contributed by atoms with Crippen LogP contribution in [0.4, 0.5) is 4.39 Å². The Morgan fingerprint density at radius 1 is 1.14 bits per heavy atom. The second kappa shape index (κ2) is 13.1. The molecule has 12 heteroatoms. The Kier molecular flexibility index (Phi) is 9.32. The molecule has 2 heterocycles. The third-order valence-electron chi connectivity index (χ3n) is 7.52. The number of aliphatic carboxylic acids is 1. The van der Waals surface area contributed by atoms with Crippen LogP contribution in [0.25, 0.3) is 5.57 Å². The molecule has 1 N–H and O–H groups in total. The zero-order valence-corrected chi connectivity index (χ0v) is 24.1. The summed E-state index contributed by atoms with van der Waals surface area (Å²) in [4.78, 5) is 29.0. The molecule has 2 aromatic rings. The second-order valence-corrected chi connectivity index (χ2v) is 10.4. The quantitative estimate of drug-likeness (QED) is 0.423. The smallest absolute Gasteiger partial charge is 0.333 e. The Bertz CT molecular complexity index is 1420. The van der Waals surface area contributed by atoms with E-state index in [2.05, 4.69) is 0 Å². The predicted octanol–water partition coefficient (Wildman–Crippen LogP) is 4.16. The van der Waals surface area contributed by atoms with Crippen LogP contribution in [0.2, 0.25) is 5.02 Å². The van der Waals surface area contributed by atoms with Crippen LogP contribution in [0.3, 0.4) is 0 Å². The molecule has 42 heavy (non-hydrogen) atoms. The van der Waals surface area contributed by atoms with Crippen LogP contribution >= 0.6 is 11.6 Å². The van der Waals surface area contributed by atoms with Crippen molar-refractivity contribution in [1.82, 2.24) is 9.80 Å². The number of allylic oxidation sites excluding steroid dienone is 2. The number of ether oxygens (including phenoxy) is 5. The van der Waals surface area contributed by atoms with Gasteiger partial charge in [0.25, 0.3) is 5.91 Å².